The fraction of sp³-hybridized carbons (Fsp3) is 0.414. The minimum absolute atomic E-state index is 0.00964. The van der Waals surface area contributed by atoms with E-state index < -0.39 is 6.10 Å². The molecule has 0 spiro atoms. The Hall–Kier alpha value is -2.78. The Morgan fingerprint density at radius 1 is 1.19 bits per heavy atom. The molecule has 0 unspecified atom stereocenters. The van der Waals surface area contributed by atoms with Gasteiger partial charge in [-0.1, -0.05) is 37.3 Å². The molecule has 0 bridgehead atoms. The van der Waals surface area contributed by atoms with Crippen LogP contribution in [0.15, 0.2) is 66.0 Å². The molecule has 3 aromatic rings. The normalized spacial score (nSPS) is 16.0. The number of aliphatic hydroxyl groups is 1. The standard InChI is InChI=1S/C29H35FN2O4S/c1-2-14-31(17-24(33)20-35-19-22-6-4-3-5-7-22)18-29(34)32-15-12-28-26(13-16-37-28)27(32)21-36-25-10-8-23(30)9-11-25/h3-11,13,16,24,27,33H,2,12,14-15,17-21H2,1H3/t24-,27-/m1/s1. The second-order valence-corrected chi connectivity index (χ2v) is 10.3. The van der Waals surface area contributed by atoms with Crippen molar-refractivity contribution in [1.82, 2.24) is 9.80 Å². The number of aliphatic hydroxyl groups excluding tert-OH is 1. The molecule has 1 aliphatic heterocycles. The smallest absolute Gasteiger partial charge is 0.237 e. The van der Waals surface area contributed by atoms with E-state index in [0.29, 0.717) is 38.6 Å². The first-order valence-corrected chi connectivity index (χ1v) is 13.7. The largest absolute Gasteiger partial charge is 0.491 e. The lowest BCUT2D eigenvalue weighted by Crippen LogP contribution is -2.48. The highest BCUT2D eigenvalue weighted by Crippen LogP contribution is 2.34. The van der Waals surface area contributed by atoms with Gasteiger partial charge < -0.3 is 19.5 Å². The van der Waals surface area contributed by atoms with E-state index in [2.05, 4.69) is 18.4 Å². The van der Waals surface area contributed by atoms with Gasteiger partial charge in [0.1, 0.15) is 18.2 Å². The van der Waals surface area contributed by atoms with Crippen molar-refractivity contribution in [2.45, 2.75) is 38.5 Å². The van der Waals surface area contributed by atoms with Crippen LogP contribution in [0.2, 0.25) is 0 Å². The molecule has 0 aliphatic carbocycles. The molecule has 1 aromatic heterocycles. The van der Waals surface area contributed by atoms with Crippen LogP contribution in [0.5, 0.6) is 5.75 Å². The predicted molar refractivity (Wildman–Crippen MR) is 143 cm³/mol. The summed E-state index contributed by atoms with van der Waals surface area (Å²) in [6, 6.07) is 17.6. The van der Waals surface area contributed by atoms with Gasteiger partial charge in [-0.2, -0.15) is 0 Å². The number of nitrogens with zero attached hydrogens (tertiary/aromatic N) is 2. The Balaban J connectivity index is 1.35. The lowest BCUT2D eigenvalue weighted by molar-refractivity contribution is -0.136. The Labute approximate surface area is 222 Å². The van der Waals surface area contributed by atoms with Crippen LogP contribution < -0.4 is 4.74 Å². The van der Waals surface area contributed by atoms with Gasteiger partial charge in [0.15, 0.2) is 0 Å². The second-order valence-electron chi connectivity index (χ2n) is 9.31. The van der Waals surface area contributed by atoms with Crippen molar-refractivity contribution in [3.63, 3.8) is 0 Å². The first-order chi connectivity index (χ1) is 18.0. The molecule has 0 saturated heterocycles. The number of fused-ring (bicyclic) bond motifs is 1. The summed E-state index contributed by atoms with van der Waals surface area (Å²) < 4.78 is 25.0. The number of carbonyl (C=O) groups excluding carboxylic acids is 1. The molecule has 0 fully saturated rings. The molecule has 0 radical (unpaired) electrons. The second kappa shape index (κ2) is 13.7. The predicted octanol–water partition coefficient (Wildman–Crippen LogP) is 4.68. The number of halogens is 1. The molecule has 8 heteroatoms. The first kappa shape index (κ1) is 27.3. The minimum atomic E-state index is -0.689. The van der Waals surface area contributed by atoms with Crippen LogP contribution in [-0.2, 0) is 22.6 Å². The first-order valence-electron chi connectivity index (χ1n) is 12.8. The van der Waals surface area contributed by atoms with E-state index in [1.54, 1.807) is 23.5 Å². The van der Waals surface area contributed by atoms with Crippen LogP contribution in [0, 0.1) is 5.82 Å². The molecule has 1 aliphatic rings. The zero-order valence-corrected chi connectivity index (χ0v) is 22.0. The average Bonchev–Trinajstić information content (AvgIpc) is 3.38. The Morgan fingerprint density at radius 2 is 1.97 bits per heavy atom. The number of rotatable bonds is 13. The third kappa shape index (κ3) is 7.85. The van der Waals surface area contributed by atoms with Gasteiger partial charge in [0, 0.05) is 18.0 Å². The van der Waals surface area contributed by atoms with Gasteiger partial charge in [-0.25, -0.2) is 4.39 Å². The average molecular weight is 527 g/mol. The monoisotopic (exact) mass is 526 g/mol. The summed E-state index contributed by atoms with van der Waals surface area (Å²) in [4.78, 5) is 18.7. The molecular weight excluding hydrogens is 491 g/mol. The Kier molecular flexibility index (Phi) is 10.1. The number of hydrogen-bond donors (Lipinski definition) is 1. The van der Waals surface area contributed by atoms with Crippen LogP contribution >= 0.6 is 11.3 Å². The maximum Gasteiger partial charge on any atom is 0.237 e. The van der Waals surface area contributed by atoms with E-state index in [9.17, 15) is 14.3 Å². The van der Waals surface area contributed by atoms with Crippen LogP contribution in [-0.4, -0.2) is 66.3 Å². The number of benzene rings is 2. The van der Waals surface area contributed by atoms with E-state index in [1.807, 2.05) is 40.1 Å². The minimum Gasteiger partial charge on any atom is -0.491 e. The number of carbonyl (C=O) groups is 1. The zero-order chi connectivity index (χ0) is 26.0. The summed E-state index contributed by atoms with van der Waals surface area (Å²) in [7, 11) is 0. The zero-order valence-electron chi connectivity index (χ0n) is 21.2. The van der Waals surface area contributed by atoms with Gasteiger partial charge in [-0.3, -0.25) is 9.69 Å². The van der Waals surface area contributed by atoms with Crippen LogP contribution in [0.3, 0.4) is 0 Å². The van der Waals surface area contributed by atoms with Gasteiger partial charge in [0.05, 0.1) is 31.9 Å². The van der Waals surface area contributed by atoms with Crippen molar-refractivity contribution in [2.75, 3.05) is 39.4 Å². The lowest BCUT2D eigenvalue weighted by Gasteiger charge is -2.37. The van der Waals surface area contributed by atoms with Crippen LogP contribution in [0.1, 0.15) is 35.4 Å². The Morgan fingerprint density at radius 3 is 2.73 bits per heavy atom. The SMILES string of the molecule is CCCN(CC(=O)N1CCc2sccc2[C@H]1COc1ccc(F)cc1)C[C@@H](O)COCc1ccccc1. The molecule has 37 heavy (non-hydrogen) atoms. The molecule has 2 atom stereocenters. The van der Waals surface area contributed by atoms with E-state index >= 15 is 0 Å². The summed E-state index contributed by atoms with van der Waals surface area (Å²) >= 11 is 1.70. The fourth-order valence-electron chi connectivity index (χ4n) is 4.65. The number of thiophene rings is 1. The fourth-order valence-corrected chi connectivity index (χ4v) is 5.58. The van der Waals surface area contributed by atoms with Gasteiger partial charge in [-0.05, 0) is 66.2 Å². The molecule has 2 heterocycles. The summed E-state index contributed by atoms with van der Waals surface area (Å²) in [5.41, 5.74) is 2.17. The van der Waals surface area contributed by atoms with Crippen LogP contribution in [0.25, 0.3) is 0 Å². The molecule has 0 saturated carbocycles. The van der Waals surface area contributed by atoms with E-state index in [0.717, 1.165) is 24.0 Å². The summed E-state index contributed by atoms with van der Waals surface area (Å²) in [5, 5.41) is 12.6. The van der Waals surface area contributed by atoms with Crippen molar-refractivity contribution in [3.8, 4) is 5.75 Å². The summed E-state index contributed by atoms with van der Waals surface area (Å²) in [6.45, 7) is 4.91. The van der Waals surface area contributed by atoms with Gasteiger partial charge in [0.2, 0.25) is 5.91 Å². The maximum absolute atomic E-state index is 13.5. The molecular formula is C29H35FN2O4S. The highest BCUT2D eigenvalue weighted by atomic mass is 32.1. The van der Waals surface area contributed by atoms with Gasteiger partial charge in [0.25, 0.3) is 0 Å². The molecule has 2 aromatic carbocycles. The molecule has 6 nitrogen and oxygen atoms in total. The topological polar surface area (TPSA) is 62.2 Å². The van der Waals surface area contributed by atoms with Crippen molar-refractivity contribution in [1.29, 1.82) is 0 Å². The van der Waals surface area contributed by atoms with Crippen molar-refractivity contribution in [2.24, 2.45) is 0 Å². The van der Waals surface area contributed by atoms with Crippen molar-refractivity contribution < 1.29 is 23.8 Å². The lowest BCUT2D eigenvalue weighted by atomic mass is 10.0. The quantitative estimate of drug-likeness (QED) is 0.350. The van der Waals surface area contributed by atoms with E-state index in [4.69, 9.17) is 9.47 Å². The summed E-state index contributed by atoms with van der Waals surface area (Å²) in [6.07, 6.45) is 0.997. The summed E-state index contributed by atoms with van der Waals surface area (Å²) in [5.74, 6) is 0.267. The highest BCUT2D eigenvalue weighted by molar-refractivity contribution is 7.10. The molecule has 1 N–H and O–H groups in total. The Bertz CT molecular complexity index is 1110. The molecule has 1 amide bonds. The van der Waals surface area contributed by atoms with Gasteiger partial charge >= 0.3 is 0 Å². The third-order valence-corrected chi connectivity index (χ3v) is 7.42. The number of ether oxygens (including phenoxy) is 2. The van der Waals surface area contributed by atoms with Crippen molar-refractivity contribution in [3.05, 3.63) is 87.9 Å². The highest BCUT2D eigenvalue weighted by Gasteiger charge is 2.33. The van der Waals surface area contributed by atoms with Crippen LogP contribution in [0.4, 0.5) is 4.39 Å². The number of amides is 1. The van der Waals surface area contributed by atoms with E-state index in [1.165, 1.54) is 17.0 Å². The molecule has 4 rings (SSSR count). The maximum atomic E-state index is 13.5. The van der Waals surface area contributed by atoms with Crippen molar-refractivity contribution >= 4 is 17.2 Å². The molecule has 198 valence electrons. The van der Waals surface area contributed by atoms with Gasteiger partial charge in [-0.15, -0.1) is 11.3 Å². The van der Waals surface area contributed by atoms with E-state index in [-0.39, 0.29) is 30.9 Å². The number of hydrogen-bond acceptors (Lipinski definition) is 6. The third-order valence-electron chi connectivity index (χ3n) is 6.43.